The van der Waals surface area contributed by atoms with Crippen LogP contribution in [0.5, 0.6) is 0 Å². The molecule has 0 saturated carbocycles. The average Bonchev–Trinajstić information content (AvgIpc) is 1.93. The number of nitrogens with one attached hydrogen (secondary N) is 1. The Labute approximate surface area is 64.7 Å². The van der Waals surface area contributed by atoms with Crippen LogP contribution in [0.4, 0.5) is 10.3 Å². The van der Waals surface area contributed by atoms with Gasteiger partial charge in [-0.25, -0.2) is 14.4 Å². The Kier molecular flexibility index (Phi) is 2.36. The summed E-state index contributed by atoms with van der Waals surface area (Å²) in [7, 11) is 0. The van der Waals surface area contributed by atoms with Crippen LogP contribution in [-0.4, -0.2) is 16.0 Å². The van der Waals surface area contributed by atoms with Crippen molar-refractivity contribution in [2.75, 3.05) is 5.32 Å². The van der Waals surface area contributed by atoms with Gasteiger partial charge in [0.05, 0.1) is 12.4 Å². The molecule has 1 rings (SSSR count). The summed E-state index contributed by atoms with van der Waals surface area (Å²) in [5.41, 5.74) is 0. The highest BCUT2D eigenvalue weighted by Crippen LogP contribution is 1.99. The van der Waals surface area contributed by atoms with Gasteiger partial charge in [0.25, 0.3) is 0 Å². The van der Waals surface area contributed by atoms with E-state index in [2.05, 4.69) is 15.3 Å². The van der Waals surface area contributed by atoms with Crippen molar-refractivity contribution in [1.29, 1.82) is 0 Å². The summed E-state index contributed by atoms with van der Waals surface area (Å²) in [6, 6.07) is 0.264. The molecule has 0 aliphatic carbocycles. The van der Waals surface area contributed by atoms with Gasteiger partial charge in [-0.15, -0.1) is 0 Å². The first-order valence-electron chi connectivity index (χ1n) is 3.42. The molecule has 0 fully saturated rings. The summed E-state index contributed by atoms with van der Waals surface area (Å²) in [6.45, 7) is 3.93. The largest absolute Gasteiger partial charge is 0.352 e. The highest BCUT2D eigenvalue weighted by atomic mass is 19.1. The molecule has 0 unspecified atom stereocenters. The van der Waals surface area contributed by atoms with Crippen LogP contribution in [0.1, 0.15) is 13.8 Å². The lowest BCUT2D eigenvalue weighted by atomic mass is 10.4. The van der Waals surface area contributed by atoms with Crippen molar-refractivity contribution in [2.24, 2.45) is 0 Å². The minimum Gasteiger partial charge on any atom is -0.352 e. The molecule has 0 amide bonds. The number of rotatable bonds is 2. The molecule has 1 heterocycles. The normalized spacial score (nSPS) is 10.2. The zero-order valence-electron chi connectivity index (χ0n) is 6.50. The molecule has 1 aromatic rings. The number of halogens is 1. The van der Waals surface area contributed by atoms with E-state index >= 15 is 0 Å². The summed E-state index contributed by atoms with van der Waals surface area (Å²) in [4.78, 5) is 7.44. The standard InChI is InChI=1S/C7H10FN3/c1-5(2)11-7-9-3-6(8)4-10-7/h3-5H,1-2H3,(H,9,10,11). The third kappa shape index (κ3) is 2.49. The molecule has 4 heteroatoms. The fourth-order valence-electron chi connectivity index (χ4n) is 0.645. The molecule has 0 atom stereocenters. The van der Waals surface area contributed by atoms with Crippen molar-refractivity contribution in [3.63, 3.8) is 0 Å². The van der Waals surface area contributed by atoms with E-state index in [9.17, 15) is 4.39 Å². The summed E-state index contributed by atoms with van der Waals surface area (Å²) in [6.07, 6.45) is 2.27. The molecular weight excluding hydrogens is 145 g/mol. The molecule has 0 aromatic carbocycles. The SMILES string of the molecule is CC(C)Nc1ncc(F)cn1. The average molecular weight is 155 g/mol. The van der Waals surface area contributed by atoms with Gasteiger partial charge in [0, 0.05) is 6.04 Å². The van der Waals surface area contributed by atoms with Gasteiger partial charge in [-0.2, -0.15) is 0 Å². The minimum absolute atomic E-state index is 0.264. The number of anilines is 1. The maximum atomic E-state index is 12.3. The lowest BCUT2D eigenvalue weighted by molar-refractivity contribution is 0.613. The van der Waals surface area contributed by atoms with Gasteiger partial charge >= 0.3 is 0 Å². The quantitative estimate of drug-likeness (QED) is 0.702. The molecule has 1 N–H and O–H groups in total. The summed E-state index contributed by atoms with van der Waals surface area (Å²) in [5.74, 6) is 0.0423. The highest BCUT2D eigenvalue weighted by Gasteiger charge is 1.97. The first kappa shape index (κ1) is 7.91. The molecule has 0 radical (unpaired) electrons. The summed E-state index contributed by atoms with van der Waals surface area (Å²) < 4.78 is 12.3. The van der Waals surface area contributed by atoms with Crippen LogP contribution in [0.2, 0.25) is 0 Å². The van der Waals surface area contributed by atoms with Crippen LogP contribution in [0.3, 0.4) is 0 Å². The Bertz CT molecular complexity index is 220. The molecule has 11 heavy (non-hydrogen) atoms. The highest BCUT2D eigenvalue weighted by molar-refractivity contribution is 5.23. The van der Waals surface area contributed by atoms with Crippen molar-refractivity contribution in [3.8, 4) is 0 Å². The van der Waals surface area contributed by atoms with E-state index < -0.39 is 5.82 Å². The van der Waals surface area contributed by atoms with Crippen molar-refractivity contribution in [1.82, 2.24) is 9.97 Å². The lowest BCUT2D eigenvalue weighted by Crippen LogP contribution is -2.12. The Morgan fingerprint density at radius 2 is 1.91 bits per heavy atom. The van der Waals surface area contributed by atoms with Crippen molar-refractivity contribution >= 4 is 5.95 Å². The maximum absolute atomic E-state index is 12.3. The Balaban J connectivity index is 2.66. The zero-order chi connectivity index (χ0) is 8.27. The van der Waals surface area contributed by atoms with Gasteiger partial charge < -0.3 is 5.32 Å². The second-order valence-corrected chi connectivity index (χ2v) is 2.52. The predicted octanol–water partition coefficient (Wildman–Crippen LogP) is 1.44. The van der Waals surface area contributed by atoms with Crippen LogP contribution in [0.25, 0.3) is 0 Å². The van der Waals surface area contributed by atoms with E-state index in [0.717, 1.165) is 12.4 Å². The van der Waals surface area contributed by atoms with Gasteiger partial charge in [-0.3, -0.25) is 0 Å². The number of hydrogen-bond donors (Lipinski definition) is 1. The van der Waals surface area contributed by atoms with Crippen LogP contribution in [-0.2, 0) is 0 Å². The molecule has 0 spiro atoms. The van der Waals surface area contributed by atoms with E-state index in [4.69, 9.17) is 0 Å². The number of aromatic nitrogens is 2. The molecule has 0 bridgehead atoms. The van der Waals surface area contributed by atoms with Crippen molar-refractivity contribution in [3.05, 3.63) is 18.2 Å². The molecule has 3 nitrogen and oxygen atoms in total. The van der Waals surface area contributed by atoms with E-state index in [1.807, 2.05) is 13.8 Å². The monoisotopic (exact) mass is 155 g/mol. The molecule has 0 aliphatic heterocycles. The smallest absolute Gasteiger partial charge is 0.222 e. The van der Waals surface area contributed by atoms with Gasteiger partial charge in [0.2, 0.25) is 5.95 Å². The second-order valence-electron chi connectivity index (χ2n) is 2.52. The van der Waals surface area contributed by atoms with Crippen LogP contribution in [0, 0.1) is 5.82 Å². The predicted molar refractivity (Wildman–Crippen MR) is 40.7 cm³/mol. The number of nitrogens with zero attached hydrogens (tertiary/aromatic N) is 2. The fraction of sp³-hybridized carbons (Fsp3) is 0.429. The second kappa shape index (κ2) is 3.27. The first-order valence-corrected chi connectivity index (χ1v) is 3.42. The molecule has 0 aliphatic rings. The van der Waals surface area contributed by atoms with Crippen LogP contribution in [0.15, 0.2) is 12.4 Å². The van der Waals surface area contributed by atoms with E-state index in [-0.39, 0.29) is 6.04 Å². The van der Waals surface area contributed by atoms with E-state index in [1.54, 1.807) is 0 Å². The maximum Gasteiger partial charge on any atom is 0.222 e. The molecule has 0 saturated heterocycles. The van der Waals surface area contributed by atoms with Gasteiger partial charge in [0.1, 0.15) is 0 Å². The third-order valence-corrected chi connectivity index (χ3v) is 1.04. The van der Waals surface area contributed by atoms with Crippen molar-refractivity contribution < 1.29 is 4.39 Å². The Morgan fingerprint density at radius 1 is 1.36 bits per heavy atom. The Hall–Kier alpha value is -1.19. The van der Waals surface area contributed by atoms with Gasteiger partial charge in [-0.05, 0) is 13.8 Å². The van der Waals surface area contributed by atoms with Gasteiger partial charge in [0.15, 0.2) is 5.82 Å². The van der Waals surface area contributed by atoms with Gasteiger partial charge in [-0.1, -0.05) is 0 Å². The van der Waals surface area contributed by atoms with Crippen LogP contribution < -0.4 is 5.32 Å². The molecular formula is C7H10FN3. The molecule has 60 valence electrons. The number of hydrogen-bond acceptors (Lipinski definition) is 3. The summed E-state index contributed by atoms with van der Waals surface area (Å²) >= 11 is 0. The fourth-order valence-corrected chi connectivity index (χ4v) is 0.645. The van der Waals surface area contributed by atoms with Crippen LogP contribution >= 0.6 is 0 Å². The minimum atomic E-state index is -0.417. The first-order chi connectivity index (χ1) is 5.18. The van der Waals surface area contributed by atoms with E-state index in [0.29, 0.717) is 5.95 Å². The molecule has 1 aromatic heterocycles. The topological polar surface area (TPSA) is 37.8 Å². The summed E-state index contributed by atoms with van der Waals surface area (Å²) in [5, 5.41) is 2.94. The Morgan fingerprint density at radius 3 is 2.36 bits per heavy atom. The zero-order valence-corrected chi connectivity index (χ0v) is 6.50. The lowest BCUT2D eigenvalue weighted by Gasteiger charge is -2.05. The van der Waals surface area contributed by atoms with E-state index in [1.165, 1.54) is 0 Å². The third-order valence-electron chi connectivity index (χ3n) is 1.04. The van der Waals surface area contributed by atoms with Crippen molar-refractivity contribution in [2.45, 2.75) is 19.9 Å².